The second-order valence-electron chi connectivity index (χ2n) is 6.08. The quantitative estimate of drug-likeness (QED) is 0.595. The molecule has 1 unspecified atom stereocenters. The highest BCUT2D eigenvalue weighted by Gasteiger charge is 2.22. The molecule has 1 atom stereocenters. The smallest absolute Gasteiger partial charge is 0.128 e. The first-order chi connectivity index (χ1) is 11.6. The van der Waals surface area contributed by atoms with E-state index >= 15 is 0 Å². The van der Waals surface area contributed by atoms with Gasteiger partial charge in [0.15, 0.2) is 0 Å². The number of fused-ring (bicyclic) bond motifs is 1. The summed E-state index contributed by atoms with van der Waals surface area (Å²) in [5.41, 5.74) is 7.97. The van der Waals surface area contributed by atoms with Gasteiger partial charge in [0.05, 0.1) is 11.2 Å². The third-order valence-electron chi connectivity index (χ3n) is 4.33. The van der Waals surface area contributed by atoms with Crippen LogP contribution in [0.2, 0.25) is 5.02 Å². The minimum atomic E-state index is -0.537. The van der Waals surface area contributed by atoms with Crippen molar-refractivity contribution < 1.29 is 0 Å². The summed E-state index contributed by atoms with van der Waals surface area (Å²) in [6, 6.07) is 14.6. The second kappa shape index (κ2) is 6.11. The molecule has 1 N–H and O–H groups in total. The zero-order valence-electron chi connectivity index (χ0n) is 13.5. The molecule has 3 aromatic rings. The molecule has 1 aliphatic rings. The number of aryl methyl sites for hydroxylation is 2. The van der Waals surface area contributed by atoms with Crippen LogP contribution >= 0.6 is 22.5 Å². The van der Waals surface area contributed by atoms with Gasteiger partial charge in [0.2, 0.25) is 0 Å². The number of hydrogen-bond donors (Lipinski definition) is 2. The van der Waals surface area contributed by atoms with Gasteiger partial charge in [-0.15, -0.1) is 5.10 Å². The average molecular weight is 356 g/mol. The molecule has 0 amide bonds. The summed E-state index contributed by atoms with van der Waals surface area (Å²) < 4.78 is 0. The standard InChI is InChI=1S/C19H18ClN3S/c1-12-3-5-14(6-4-12)10-24-11-21-23-19(24)18-13(2)16-9-15(20)7-8-17(16)22-18/h3-9,11,22,24H,10H2,1-2H3. The molecule has 0 radical (unpaired) electrons. The van der Waals surface area contributed by atoms with Gasteiger partial charge in [0, 0.05) is 21.7 Å². The van der Waals surface area contributed by atoms with Crippen LogP contribution in [0.1, 0.15) is 22.4 Å². The molecule has 1 aromatic heterocycles. The first kappa shape index (κ1) is 15.5. The minimum Gasteiger partial charge on any atom is -0.353 e. The molecule has 2 heterocycles. The highest BCUT2D eigenvalue weighted by Crippen LogP contribution is 2.38. The molecule has 0 bridgehead atoms. The molecule has 5 heteroatoms. The van der Waals surface area contributed by atoms with Crippen LogP contribution in [0.25, 0.3) is 10.9 Å². The number of nitrogens with zero attached hydrogens (tertiary/aromatic N) is 2. The fourth-order valence-corrected chi connectivity index (χ4v) is 4.95. The molecule has 122 valence electrons. The predicted molar refractivity (Wildman–Crippen MR) is 107 cm³/mol. The van der Waals surface area contributed by atoms with Gasteiger partial charge in [0.25, 0.3) is 0 Å². The van der Waals surface area contributed by atoms with Crippen molar-refractivity contribution in [2.24, 2.45) is 10.2 Å². The highest BCUT2D eigenvalue weighted by molar-refractivity contribution is 8.40. The van der Waals surface area contributed by atoms with Crippen LogP contribution in [0.3, 0.4) is 0 Å². The SMILES string of the molecule is Cc1ccc(C[SH]2C=NN=C2c2[nH]c3ccc(Cl)cc3c2C)cc1. The van der Waals surface area contributed by atoms with Gasteiger partial charge in [-0.2, -0.15) is 16.0 Å². The molecule has 3 nitrogen and oxygen atoms in total. The zero-order valence-corrected chi connectivity index (χ0v) is 15.2. The van der Waals surface area contributed by atoms with E-state index in [9.17, 15) is 0 Å². The van der Waals surface area contributed by atoms with Gasteiger partial charge in [-0.25, -0.2) is 0 Å². The van der Waals surface area contributed by atoms with Crippen LogP contribution in [0.5, 0.6) is 0 Å². The maximum absolute atomic E-state index is 6.14. The average Bonchev–Trinajstić information content (AvgIpc) is 3.15. The summed E-state index contributed by atoms with van der Waals surface area (Å²) in [5, 5.41) is 11.6. The van der Waals surface area contributed by atoms with Crippen molar-refractivity contribution in [3.05, 3.63) is 69.9 Å². The molecule has 0 aliphatic carbocycles. The monoisotopic (exact) mass is 355 g/mol. The number of H-pyrrole nitrogens is 1. The maximum Gasteiger partial charge on any atom is 0.128 e. The summed E-state index contributed by atoms with van der Waals surface area (Å²) in [6.07, 6.45) is 0. The van der Waals surface area contributed by atoms with E-state index in [2.05, 4.69) is 53.3 Å². The lowest BCUT2D eigenvalue weighted by molar-refractivity contribution is 1.26. The van der Waals surface area contributed by atoms with Crippen molar-refractivity contribution in [3.8, 4) is 0 Å². The van der Waals surface area contributed by atoms with Gasteiger partial charge in [-0.3, -0.25) is 0 Å². The van der Waals surface area contributed by atoms with Crippen molar-refractivity contribution in [2.45, 2.75) is 19.6 Å². The van der Waals surface area contributed by atoms with E-state index in [0.717, 1.165) is 32.4 Å². The Labute approximate surface area is 148 Å². The van der Waals surface area contributed by atoms with Crippen LogP contribution in [-0.4, -0.2) is 15.6 Å². The van der Waals surface area contributed by atoms with Crippen LogP contribution in [0.15, 0.2) is 52.7 Å². The molecule has 2 aromatic carbocycles. The summed E-state index contributed by atoms with van der Waals surface area (Å²) >= 11 is 6.14. The van der Waals surface area contributed by atoms with E-state index < -0.39 is 10.9 Å². The number of aromatic amines is 1. The van der Waals surface area contributed by atoms with Crippen molar-refractivity contribution in [1.82, 2.24) is 4.98 Å². The molecule has 0 saturated heterocycles. The van der Waals surface area contributed by atoms with Crippen LogP contribution in [-0.2, 0) is 5.75 Å². The van der Waals surface area contributed by atoms with Gasteiger partial charge >= 0.3 is 0 Å². The molecular weight excluding hydrogens is 338 g/mol. The summed E-state index contributed by atoms with van der Waals surface area (Å²) in [5.74, 6) is 0.966. The van der Waals surface area contributed by atoms with Crippen LogP contribution in [0.4, 0.5) is 0 Å². The van der Waals surface area contributed by atoms with Gasteiger partial charge in [-0.1, -0.05) is 41.4 Å². The Hall–Kier alpha value is -2.04. The van der Waals surface area contributed by atoms with E-state index in [0.29, 0.717) is 0 Å². The molecule has 1 aliphatic heterocycles. The number of aromatic nitrogens is 1. The summed E-state index contributed by atoms with van der Waals surface area (Å²) in [6.45, 7) is 4.22. The second-order valence-corrected chi connectivity index (χ2v) is 8.43. The lowest BCUT2D eigenvalue weighted by Gasteiger charge is -2.14. The number of hydrogen-bond acceptors (Lipinski definition) is 2. The lowest BCUT2D eigenvalue weighted by atomic mass is 10.1. The first-order valence-electron chi connectivity index (χ1n) is 7.83. The summed E-state index contributed by atoms with van der Waals surface area (Å²) in [4.78, 5) is 3.50. The number of nitrogens with one attached hydrogen (secondary N) is 1. The molecule has 0 spiro atoms. The number of benzene rings is 2. The van der Waals surface area contributed by atoms with Crippen molar-refractivity contribution in [1.29, 1.82) is 0 Å². The fourth-order valence-electron chi connectivity index (χ4n) is 2.98. The third kappa shape index (κ3) is 2.76. The van der Waals surface area contributed by atoms with Gasteiger partial charge < -0.3 is 4.98 Å². The predicted octanol–water partition coefficient (Wildman–Crippen LogP) is 5.34. The van der Waals surface area contributed by atoms with E-state index in [1.807, 2.05) is 23.7 Å². The maximum atomic E-state index is 6.14. The van der Waals surface area contributed by atoms with Gasteiger partial charge in [0.1, 0.15) is 5.04 Å². The van der Waals surface area contributed by atoms with E-state index in [4.69, 9.17) is 11.6 Å². The fraction of sp³-hybridized carbons (Fsp3) is 0.158. The van der Waals surface area contributed by atoms with Gasteiger partial charge in [-0.05, 0) is 43.2 Å². The summed E-state index contributed by atoms with van der Waals surface area (Å²) in [7, 11) is -0.537. The van der Waals surface area contributed by atoms with Crippen LogP contribution < -0.4 is 0 Å². The topological polar surface area (TPSA) is 40.5 Å². The minimum absolute atomic E-state index is 0.537. The normalized spacial score (nSPS) is 18.3. The Kier molecular flexibility index (Phi) is 3.94. The Morgan fingerprint density at radius 3 is 2.67 bits per heavy atom. The molecule has 24 heavy (non-hydrogen) atoms. The molecule has 0 saturated carbocycles. The number of thiol groups is 1. The molecular formula is C19H18ClN3S. The third-order valence-corrected chi connectivity index (χ3v) is 6.51. The van der Waals surface area contributed by atoms with E-state index in [1.54, 1.807) is 0 Å². The Bertz CT molecular complexity index is 970. The lowest BCUT2D eigenvalue weighted by Crippen LogP contribution is -2.04. The van der Waals surface area contributed by atoms with Crippen molar-refractivity contribution >= 4 is 44.0 Å². The zero-order chi connectivity index (χ0) is 16.7. The van der Waals surface area contributed by atoms with E-state index in [1.165, 1.54) is 16.7 Å². The molecule has 0 fully saturated rings. The largest absolute Gasteiger partial charge is 0.353 e. The highest BCUT2D eigenvalue weighted by atomic mass is 35.5. The Morgan fingerprint density at radius 1 is 1.08 bits per heavy atom. The molecule has 4 rings (SSSR count). The number of halogens is 1. The Morgan fingerprint density at radius 2 is 1.88 bits per heavy atom. The number of rotatable bonds is 3. The van der Waals surface area contributed by atoms with Crippen molar-refractivity contribution in [2.75, 3.05) is 0 Å². The van der Waals surface area contributed by atoms with Crippen molar-refractivity contribution in [3.63, 3.8) is 0 Å². The van der Waals surface area contributed by atoms with E-state index in [-0.39, 0.29) is 0 Å². The van der Waals surface area contributed by atoms with Crippen LogP contribution in [0, 0.1) is 13.8 Å². The first-order valence-corrected chi connectivity index (χ1v) is 9.81. The Balaban J connectivity index is 1.68.